The van der Waals surface area contributed by atoms with E-state index >= 15 is 0 Å². The lowest BCUT2D eigenvalue weighted by molar-refractivity contribution is -0.129. The Kier molecular flexibility index (Phi) is 2.49. The van der Waals surface area contributed by atoms with Gasteiger partial charge in [-0.25, -0.2) is 0 Å². The smallest absolute Gasteiger partial charge is 0.167 e. The molecule has 14 heavy (non-hydrogen) atoms. The Labute approximate surface area is 83.5 Å². The number of nitriles is 1. The van der Waals surface area contributed by atoms with Gasteiger partial charge >= 0.3 is 0 Å². The number of hydroxylamine groups is 2. The second-order valence-corrected chi connectivity index (χ2v) is 3.43. The molecular weight excluding hydrogens is 176 g/mol. The van der Waals surface area contributed by atoms with Crippen molar-refractivity contribution < 1.29 is 4.84 Å². The van der Waals surface area contributed by atoms with E-state index in [4.69, 9.17) is 10.1 Å². The molecule has 1 aliphatic heterocycles. The molecule has 3 nitrogen and oxygen atoms in total. The van der Waals surface area contributed by atoms with Crippen molar-refractivity contribution in [2.45, 2.75) is 18.6 Å². The standard InChI is InChI=1S/C11H12N2O/c1-13-11(7-10(8-12)14-13)9-5-3-2-4-6-9/h2-6,10-11H,7H2,1H3/t10-,11-/m1/s1. The molecule has 0 aromatic heterocycles. The zero-order chi connectivity index (χ0) is 9.97. The van der Waals surface area contributed by atoms with E-state index in [9.17, 15) is 0 Å². The normalized spacial score (nSPS) is 27.4. The Morgan fingerprint density at radius 3 is 2.71 bits per heavy atom. The summed E-state index contributed by atoms with van der Waals surface area (Å²) in [5.41, 5.74) is 1.20. The molecule has 0 N–H and O–H groups in total. The topological polar surface area (TPSA) is 36.3 Å². The minimum atomic E-state index is -0.301. The van der Waals surface area contributed by atoms with Gasteiger partial charge in [-0.1, -0.05) is 30.3 Å². The Hall–Kier alpha value is -1.37. The predicted molar refractivity (Wildman–Crippen MR) is 52.0 cm³/mol. The number of nitrogens with zero attached hydrogens (tertiary/aromatic N) is 2. The van der Waals surface area contributed by atoms with Gasteiger partial charge in [0.25, 0.3) is 0 Å². The van der Waals surface area contributed by atoms with Crippen molar-refractivity contribution in [2.75, 3.05) is 7.05 Å². The molecule has 0 aliphatic carbocycles. The summed E-state index contributed by atoms with van der Waals surface area (Å²) in [7, 11) is 1.87. The largest absolute Gasteiger partial charge is 0.280 e. The summed E-state index contributed by atoms with van der Waals surface area (Å²) in [6, 6.07) is 12.5. The van der Waals surface area contributed by atoms with Crippen molar-refractivity contribution in [1.82, 2.24) is 5.06 Å². The fourth-order valence-electron chi connectivity index (χ4n) is 1.77. The third-order valence-electron chi connectivity index (χ3n) is 2.50. The van der Waals surface area contributed by atoms with E-state index in [2.05, 4.69) is 18.2 Å². The second kappa shape index (κ2) is 3.79. The summed E-state index contributed by atoms with van der Waals surface area (Å²) >= 11 is 0. The van der Waals surface area contributed by atoms with Crippen LogP contribution in [0.5, 0.6) is 0 Å². The van der Waals surface area contributed by atoms with Crippen molar-refractivity contribution in [2.24, 2.45) is 0 Å². The zero-order valence-electron chi connectivity index (χ0n) is 8.05. The lowest BCUT2D eigenvalue weighted by Crippen LogP contribution is -2.16. The summed E-state index contributed by atoms with van der Waals surface area (Å²) < 4.78 is 0. The van der Waals surface area contributed by atoms with E-state index in [1.165, 1.54) is 5.56 Å². The van der Waals surface area contributed by atoms with Crippen LogP contribution in [0.3, 0.4) is 0 Å². The van der Waals surface area contributed by atoms with E-state index in [1.807, 2.05) is 25.2 Å². The minimum absolute atomic E-state index is 0.209. The summed E-state index contributed by atoms with van der Waals surface area (Å²) in [6.07, 6.45) is 0.446. The molecule has 1 heterocycles. The number of hydrogen-bond donors (Lipinski definition) is 0. The van der Waals surface area contributed by atoms with E-state index < -0.39 is 0 Å². The molecule has 0 radical (unpaired) electrons. The van der Waals surface area contributed by atoms with Crippen LogP contribution in [0.2, 0.25) is 0 Å². The van der Waals surface area contributed by atoms with Crippen LogP contribution in [0.1, 0.15) is 18.0 Å². The lowest BCUT2D eigenvalue weighted by Gasteiger charge is -2.16. The van der Waals surface area contributed by atoms with Crippen LogP contribution >= 0.6 is 0 Å². The quantitative estimate of drug-likeness (QED) is 0.675. The van der Waals surface area contributed by atoms with Gasteiger partial charge in [0.1, 0.15) is 0 Å². The third-order valence-corrected chi connectivity index (χ3v) is 2.50. The van der Waals surface area contributed by atoms with Gasteiger partial charge in [0.05, 0.1) is 12.1 Å². The molecule has 0 bridgehead atoms. The molecule has 0 amide bonds. The molecule has 1 aliphatic rings. The highest BCUT2D eigenvalue weighted by Gasteiger charge is 2.31. The molecular formula is C11H12N2O. The molecule has 3 heteroatoms. The van der Waals surface area contributed by atoms with Crippen molar-refractivity contribution in [3.63, 3.8) is 0 Å². The first kappa shape index (κ1) is 9.20. The van der Waals surface area contributed by atoms with Crippen LogP contribution in [0.15, 0.2) is 30.3 Å². The maximum atomic E-state index is 8.75. The van der Waals surface area contributed by atoms with Crippen LogP contribution in [0.25, 0.3) is 0 Å². The molecule has 72 valence electrons. The molecule has 1 fully saturated rings. The Morgan fingerprint density at radius 1 is 1.43 bits per heavy atom. The average molecular weight is 188 g/mol. The van der Waals surface area contributed by atoms with Crippen molar-refractivity contribution in [3.8, 4) is 6.07 Å². The first-order chi connectivity index (χ1) is 6.81. The molecule has 0 unspecified atom stereocenters. The fourth-order valence-corrected chi connectivity index (χ4v) is 1.77. The summed E-state index contributed by atoms with van der Waals surface area (Å²) in [5, 5.41) is 10.5. The SMILES string of the molecule is CN1O[C@@H](C#N)C[C@@H]1c1ccccc1. The molecule has 2 rings (SSSR count). The Balaban J connectivity index is 2.18. The maximum absolute atomic E-state index is 8.75. The maximum Gasteiger partial charge on any atom is 0.167 e. The van der Waals surface area contributed by atoms with Crippen LogP contribution in [0.4, 0.5) is 0 Å². The number of hydrogen-bond acceptors (Lipinski definition) is 3. The third kappa shape index (κ3) is 1.63. The monoisotopic (exact) mass is 188 g/mol. The van der Waals surface area contributed by atoms with Gasteiger partial charge in [0, 0.05) is 13.5 Å². The highest BCUT2D eigenvalue weighted by molar-refractivity contribution is 5.20. The first-order valence-corrected chi connectivity index (χ1v) is 4.65. The highest BCUT2D eigenvalue weighted by atomic mass is 16.7. The Morgan fingerprint density at radius 2 is 2.14 bits per heavy atom. The van der Waals surface area contributed by atoms with Crippen LogP contribution in [-0.2, 0) is 4.84 Å². The van der Waals surface area contributed by atoms with Crippen LogP contribution in [-0.4, -0.2) is 18.2 Å². The van der Waals surface area contributed by atoms with Gasteiger partial charge in [-0.05, 0) is 5.56 Å². The fraction of sp³-hybridized carbons (Fsp3) is 0.364. The van der Waals surface area contributed by atoms with E-state index in [0.29, 0.717) is 0 Å². The first-order valence-electron chi connectivity index (χ1n) is 4.65. The van der Waals surface area contributed by atoms with E-state index in [0.717, 1.165) is 6.42 Å². The summed E-state index contributed by atoms with van der Waals surface area (Å²) in [6.45, 7) is 0. The zero-order valence-corrected chi connectivity index (χ0v) is 8.05. The molecule has 2 atom stereocenters. The van der Waals surface area contributed by atoms with Gasteiger partial charge in [-0.15, -0.1) is 0 Å². The van der Waals surface area contributed by atoms with Crippen LogP contribution < -0.4 is 0 Å². The van der Waals surface area contributed by atoms with Gasteiger partial charge in [-0.3, -0.25) is 4.84 Å². The highest BCUT2D eigenvalue weighted by Crippen LogP contribution is 2.31. The average Bonchev–Trinajstić information content (AvgIpc) is 2.61. The van der Waals surface area contributed by atoms with E-state index in [-0.39, 0.29) is 12.1 Å². The van der Waals surface area contributed by atoms with Crippen LogP contribution in [0, 0.1) is 11.3 Å². The summed E-state index contributed by atoms with van der Waals surface area (Å²) in [4.78, 5) is 5.35. The minimum Gasteiger partial charge on any atom is -0.280 e. The molecule has 1 aromatic rings. The second-order valence-electron chi connectivity index (χ2n) is 3.43. The van der Waals surface area contributed by atoms with Crippen molar-refractivity contribution in [3.05, 3.63) is 35.9 Å². The van der Waals surface area contributed by atoms with Crippen molar-refractivity contribution in [1.29, 1.82) is 5.26 Å². The number of benzene rings is 1. The molecule has 0 saturated carbocycles. The Bertz CT molecular complexity index is 344. The lowest BCUT2D eigenvalue weighted by atomic mass is 10.0. The number of rotatable bonds is 1. The van der Waals surface area contributed by atoms with Gasteiger partial charge < -0.3 is 0 Å². The summed E-state index contributed by atoms with van der Waals surface area (Å²) in [5.74, 6) is 0. The van der Waals surface area contributed by atoms with E-state index in [1.54, 1.807) is 5.06 Å². The van der Waals surface area contributed by atoms with Gasteiger partial charge in [0.15, 0.2) is 6.10 Å². The molecule has 1 saturated heterocycles. The van der Waals surface area contributed by atoms with Gasteiger partial charge in [-0.2, -0.15) is 10.3 Å². The van der Waals surface area contributed by atoms with Crippen molar-refractivity contribution >= 4 is 0 Å². The predicted octanol–water partition coefficient (Wildman–Crippen LogP) is 1.89. The van der Waals surface area contributed by atoms with Gasteiger partial charge in [0.2, 0.25) is 0 Å². The molecule has 1 aromatic carbocycles. The molecule has 0 spiro atoms.